The maximum Gasteiger partial charge on any atom is 0.0982 e. The zero-order valence-corrected chi connectivity index (χ0v) is 11.8. The van der Waals surface area contributed by atoms with Gasteiger partial charge >= 0.3 is 0 Å². The molecule has 0 radical (unpaired) electrons. The fourth-order valence-corrected chi connectivity index (χ4v) is 2.86. The molecular weight excluding hydrogens is 232 g/mol. The number of nitrogens with one attached hydrogen (secondary N) is 1. The molecule has 96 valence electrons. The molecule has 4 heteroatoms. The van der Waals surface area contributed by atoms with Crippen LogP contribution in [-0.2, 0) is 11.3 Å². The minimum Gasteiger partial charge on any atom is -0.381 e. The monoisotopic (exact) mass is 254 g/mol. The average molecular weight is 254 g/mol. The van der Waals surface area contributed by atoms with Gasteiger partial charge in [-0.2, -0.15) is 0 Å². The zero-order valence-electron chi connectivity index (χ0n) is 11.0. The van der Waals surface area contributed by atoms with Crippen LogP contribution in [0.2, 0.25) is 0 Å². The molecule has 2 heterocycles. The van der Waals surface area contributed by atoms with Gasteiger partial charge in [0.05, 0.1) is 11.6 Å². The van der Waals surface area contributed by atoms with Crippen LogP contribution in [0, 0.1) is 0 Å². The van der Waals surface area contributed by atoms with E-state index in [0.717, 1.165) is 19.8 Å². The lowest BCUT2D eigenvalue weighted by Crippen LogP contribution is -2.34. The Labute approximate surface area is 108 Å². The summed E-state index contributed by atoms with van der Waals surface area (Å²) in [4.78, 5) is 5.86. The maximum atomic E-state index is 5.51. The summed E-state index contributed by atoms with van der Waals surface area (Å²) in [5, 5.41) is 4.74. The summed E-state index contributed by atoms with van der Waals surface area (Å²) in [7, 11) is 0. The topological polar surface area (TPSA) is 34.2 Å². The van der Waals surface area contributed by atoms with Crippen molar-refractivity contribution >= 4 is 11.3 Å². The molecule has 0 aliphatic carbocycles. The van der Waals surface area contributed by atoms with E-state index in [4.69, 9.17) is 4.74 Å². The molecule has 1 fully saturated rings. The van der Waals surface area contributed by atoms with Gasteiger partial charge in [0.15, 0.2) is 0 Å². The van der Waals surface area contributed by atoms with E-state index in [1.54, 1.807) is 0 Å². The number of nitrogens with zero attached hydrogens (tertiary/aromatic N) is 1. The fourth-order valence-electron chi connectivity index (χ4n) is 1.88. The number of hydrogen-bond donors (Lipinski definition) is 1. The molecule has 1 saturated heterocycles. The Kier molecular flexibility index (Phi) is 4.17. The van der Waals surface area contributed by atoms with E-state index in [9.17, 15) is 0 Å². The largest absolute Gasteiger partial charge is 0.381 e. The number of rotatable bonds is 3. The maximum absolute atomic E-state index is 5.51. The summed E-state index contributed by atoms with van der Waals surface area (Å²) in [6.45, 7) is 9.23. The molecule has 2 rings (SSSR count). The van der Waals surface area contributed by atoms with Gasteiger partial charge < -0.3 is 10.1 Å². The van der Waals surface area contributed by atoms with Gasteiger partial charge in [0.25, 0.3) is 0 Å². The molecule has 0 aromatic carbocycles. The lowest BCUT2D eigenvalue weighted by Gasteiger charge is -2.20. The molecule has 0 bridgehead atoms. The third kappa shape index (κ3) is 4.05. The van der Waals surface area contributed by atoms with Gasteiger partial charge in [-0.1, -0.05) is 0 Å². The highest BCUT2D eigenvalue weighted by Crippen LogP contribution is 2.28. The molecule has 0 spiro atoms. The summed E-state index contributed by atoms with van der Waals surface area (Å²) >= 11 is 1.83. The van der Waals surface area contributed by atoms with Crippen LogP contribution in [0.1, 0.15) is 49.4 Å². The van der Waals surface area contributed by atoms with E-state index >= 15 is 0 Å². The highest BCUT2D eigenvalue weighted by atomic mass is 32.1. The summed E-state index contributed by atoms with van der Waals surface area (Å²) in [5.41, 5.74) is 0.165. The Morgan fingerprint density at radius 1 is 1.53 bits per heavy atom. The lowest BCUT2D eigenvalue weighted by atomic mass is 10.0. The summed E-state index contributed by atoms with van der Waals surface area (Å²) in [6, 6.07) is 0. The number of ether oxygens (including phenoxy) is 1. The smallest absolute Gasteiger partial charge is 0.0982 e. The molecule has 1 aromatic rings. The first-order valence-electron chi connectivity index (χ1n) is 6.32. The van der Waals surface area contributed by atoms with Crippen LogP contribution in [0.5, 0.6) is 0 Å². The molecule has 1 aromatic heterocycles. The number of aromatic nitrogens is 1. The quantitative estimate of drug-likeness (QED) is 0.900. The first kappa shape index (κ1) is 13.0. The minimum atomic E-state index is 0.165. The van der Waals surface area contributed by atoms with Gasteiger partial charge in [0, 0.05) is 35.7 Å². The predicted octanol–water partition coefficient (Wildman–Crippen LogP) is 2.93. The van der Waals surface area contributed by atoms with E-state index in [1.165, 1.54) is 22.7 Å². The Morgan fingerprint density at radius 3 is 3.00 bits per heavy atom. The molecule has 17 heavy (non-hydrogen) atoms. The van der Waals surface area contributed by atoms with Crippen molar-refractivity contribution in [3.63, 3.8) is 0 Å². The second-order valence-electron chi connectivity index (χ2n) is 5.68. The number of hydrogen-bond acceptors (Lipinski definition) is 4. The Bertz CT molecular complexity index is 351. The van der Waals surface area contributed by atoms with E-state index in [2.05, 4.69) is 31.1 Å². The third-order valence-corrected chi connectivity index (χ3v) is 4.03. The van der Waals surface area contributed by atoms with E-state index < -0.39 is 0 Å². The van der Waals surface area contributed by atoms with Gasteiger partial charge in [-0.25, -0.2) is 4.98 Å². The van der Waals surface area contributed by atoms with E-state index in [0.29, 0.717) is 5.92 Å². The van der Waals surface area contributed by atoms with Crippen LogP contribution in [0.3, 0.4) is 0 Å². The molecule has 1 N–H and O–H groups in total. The molecule has 1 unspecified atom stereocenters. The SMILES string of the molecule is CC(C)(C)NCc1cnc(C2CCCOC2)s1. The van der Waals surface area contributed by atoms with Crippen LogP contribution < -0.4 is 5.32 Å². The van der Waals surface area contributed by atoms with Crippen LogP contribution in [0.25, 0.3) is 0 Å². The molecule has 0 saturated carbocycles. The second-order valence-corrected chi connectivity index (χ2v) is 6.83. The van der Waals surface area contributed by atoms with Gasteiger partial charge in [-0.05, 0) is 33.6 Å². The summed E-state index contributed by atoms with van der Waals surface area (Å²) < 4.78 is 5.51. The molecular formula is C13H22N2OS. The highest BCUT2D eigenvalue weighted by Gasteiger charge is 2.19. The van der Waals surface area contributed by atoms with Crippen LogP contribution >= 0.6 is 11.3 Å². The normalized spacial score (nSPS) is 21.7. The fraction of sp³-hybridized carbons (Fsp3) is 0.769. The van der Waals surface area contributed by atoms with E-state index in [-0.39, 0.29) is 5.54 Å². The molecule has 0 amide bonds. The first-order valence-corrected chi connectivity index (χ1v) is 7.13. The van der Waals surface area contributed by atoms with E-state index in [1.807, 2.05) is 17.5 Å². The first-order chi connectivity index (χ1) is 8.04. The molecule has 1 aliphatic rings. The van der Waals surface area contributed by atoms with Gasteiger partial charge in [-0.3, -0.25) is 0 Å². The number of thiazole rings is 1. The van der Waals surface area contributed by atoms with Crippen molar-refractivity contribution in [2.45, 2.75) is 51.6 Å². The predicted molar refractivity (Wildman–Crippen MR) is 71.5 cm³/mol. The Hall–Kier alpha value is -0.450. The summed E-state index contributed by atoms with van der Waals surface area (Å²) in [5.74, 6) is 0.525. The van der Waals surface area contributed by atoms with Gasteiger partial charge in [0.1, 0.15) is 0 Å². The lowest BCUT2D eigenvalue weighted by molar-refractivity contribution is 0.0804. The van der Waals surface area contributed by atoms with Crippen LogP contribution in [0.15, 0.2) is 6.20 Å². The van der Waals surface area contributed by atoms with Crippen molar-refractivity contribution in [2.24, 2.45) is 0 Å². The summed E-state index contributed by atoms with van der Waals surface area (Å²) in [6.07, 6.45) is 4.40. The van der Waals surface area contributed by atoms with Crippen molar-refractivity contribution in [3.8, 4) is 0 Å². The second kappa shape index (κ2) is 5.46. The molecule has 1 atom stereocenters. The van der Waals surface area contributed by atoms with Crippen LogP contribution in [-0.4, -0.2) is 23.7 Å². The Balaban J connectivity index is 1.91. The van der Waals surface area contributed by atoms with Crippen LogP contribution in [0.4, 0.5) is 0 Å². The third-order valence-electron chi connectivity index (χ3n) is 2.87. The van der Waals surface area contributed by atoms with Crippen molar-refractivity contribution in [1.29, 1.82) is 0 Å². The molecule has 3 nitrogen and oxygen atoms in total. The van der Waals surface area contributed by atoms with Crippen molar-refractivity contribution in [3.05, 3.63) is 16.1 Å². The zero-order chi connectivity index (χ0) is 12.3. The van der Waals surface area contributed by atoms with Crippen molar-refractivity contribution in [1.82, 2.24) is 10.3 Å². The highest BCUT2D eigenvalue weighted by molar-refractivity contribution is 7.11. The molecule has 1 aliphatic heterocycles. The minimum absolute atomic E-state index is 0.165. The van der Waals surface area contributed by atoms with Gasteiger partial charge in [0.2, 0.25) is 0 Å². The van der Waals surface area contributed by atoms with Crippen molar-refractivity contribution < 1.29 is 4.74 Å². The average Bonchev–Trinajstić information content (AvgIpc) is 2.75. The van der Waals surface area contributed by atoms with Crippen molar-refractivity contribution in [2.75, 3.05) is 13.2 Å². The van der Waals surface area contributed by atoms with Gasteiger partial charge in [-0.15, -0.1) is 11.3 Å². The standard InChI is InChI=1S/C13H22N2OS/c1-13(2,3)15-8-11-7-14-12(17-11)10-5-4-6-16-9-10/h7,10,15H,4-6,8-9H2,1-3H3. The Morgan fingerprint density at radius 2 is 2.35 bits per heavy atom.